The lowest BCUT2D eigenvalue weighted by Gasteiger charge is -2.36. The number of hydrogen-bond donors (Lipinski definition) is 2. The van der Waals surface area contributed by atoms with Crippen LogP contribution in [0.3, 0.4) is 0 Å². The zero-order valence-electron chi connectivity index (χ0n) is 20.4. The molecule has 5 nitrogen and oxygen atoms in total. The summed E-state index contributed by atoms with van der Waals surface area (Å²) in [6.07, 6.45) is 7.88. The SMILES string of the molecule is CCC[C@H](C[C@@H]1CC[C@H]([C@@H](C)[C@H](O)[C@H](C)[C@@H]2CC[C@H]([C@@H](C)CO)O2)O1)[N+](C)(C)C.[I-]. The second-order valence-corrected chi connectivity index (χ2v) is 10.8. The van der Waals surface area contributed by atoms with Crippen LogP contribution in [0.2, 0.25) is 0 Å². The lowest BCUT2D eigenvalue weighted by molar-refractivity contribution is -0.897. The average molecular weight is 542 g/mol. The Hall–Kier alpha value is 0.530. The fourth-order valence-corrected chi connectivity index (χ4v) is 5.28. The number of hydrogen-bond acceptors (Lipinski definition) is 4. The van der Waals surface area contributed by atoms with Crippen LogP contribution in [0.15, 0.2) is 0 Å². The summed E-state index contributed by atoms with van der Waals surface area (Å²) in [7, 11) is 6.86. The van der Waals surface area contributed by atoms with Gasteiger partial charge in [0, 0.05) is 30.8 Å². The van der Waals surface area contributed by atoms with Crippen LogP contribution in [-0.4, -0.2) is 79.0 Å². The molecule has 9 atom stereocenters. The molecule has 6 heteroatoms. The Kier molecular flexibility index (Phi) is 12.1. The highest BCUT2D eigenvalue weighted by atomic mass is 127. The van der Waals surface area contributed by atoms with Crippen LogP contribution < -0.4 is 24.0 Å². The van der Waals surface area contributed by atoms with Crippen LogP contribution in [0.5, 0.6) is 0 Å². The van der Waals surface area contributed by atoms with Gasteiger partial charge in [-0.05, 0) is 32.1 Å². The van der Waals surface area contributed by atoms with E-state index < -0.39 is 6.10 Å². The smallest absolute Gasteiger partial charge is 0.0909 e. The second-order valence-electron chi connectivity index (χ2n) is 10.8. The largest absolute Gasteiger partial charge is 1.00 e. The van der Waals surface area contributed by atoms with Crippen molar-refractivity contribution in [3.05, 3.63) is 0 Å². The minimum atomic E-state index is -0.420. The molecule has 2 heterocycles. The van der Waals surface area contributed by atoms with Gasteiger partial charge in [0.15, 0.2) is 0 Å². The average Bonchev–Trinajstić information content (AvgIpc) is 3.34. The summed E-state index contributed by atoms with van der Waals surface area (Å²) >= 11 is 0. The first-order valence-electron chi connectivity index (χ1n) is 12.0. The van der Waals surface area contributed by atoms with Crippen molar-refractivity contribution in [3.63, 3.8) is 0 Å². The standard InChI is InChI=1S/C24H48NO4.HI/c1-8-9-19(25(5,6)7)14-20-10-11-22(28-20)17(3)24(27)18(4)23-13-12-21(29-23)16(2)15-26;/h16-24,26-27H,8-15H2,1-7H3;1H/q+1;/p-1/t16-,17+,18+,19+,20-,21+,22+,23-,24-;/m0./s1. The van der Waals surface area contributed by atoms with Crippen molar-refractivity contribution in [3.8, 4) is 0 Å². The van der Waals surface area contributed by atoms with Crippen LogP contribution in [0.4, 0.5) is 0 Å². The van der Waals surface area contributed by atoms with Crippen molar-refractivity contribution in [2.24, 2.45) is 17.8 Å². The number of aliphatic hydroxyl groups excluding tert-OH is 2. The molecular formula is C24H48INO4. The molecule has 2 fully saturated rings. The molecule has 0 aromatic heterocycles. The quantitative estimate of drug-likeness (QED) is 0.298. The molecule has 0 spiro atoms. The van der Waals surface area contributed by atoms with Crippen LogP contribution in [-0.2, 0) is 9.47 Å². The minimum absolute atomic E-state index is 0. The van der Waals surface area contributed by atoms with E-state index in [9.17, 15) is 10.2 Å². The molecule has 2 aliphatic heterocycles. The van der Waals surface area contributed by atoms with Crippen molar-refractivity contribution >= 4 is 0 Å². The zero-order valence-corrected chi connectivity index (χ0v) is 22.5. The van der Waals surface area contributed by atoms with Gasteiger partial charge in [-0.3, -0.25) is 0 Å². The van der Waals surface area contributed by atoms with Crippen molar-refractivity contribution in [2.75, 3.05) is 27.7 Å². The van der Waals surface area contributed by atoms with E-state index >= 15 is 0 Å². The molecule has 0 unspecified atom stereocenters. The van der Waals surface area contributed by atoms with Gasteiger partial charge in [-0.15, -0.1) is 0 Å². The first kappa shape index (κ1) is 28.6. The summed E-state index contributed by atoms with van der Waals surface area (Å²) in [5, 5.41) is 20.4. The minimum Gasteiger partial charge on any atom is -1.00 e. The van der Waals surface area contributed by atoms with E-state index in [0.29, 0.717) is 12.1 Å². The van der Waals surface area contributed by atoms with E-state index in [0.717, 1.165) is 36.6 Å². The Labute approximate surface area is 202 Å². The van der Waals surface area contributed by atoms with Gasteiger partial charge in [0.2, 0.25) is 0 Å². The molecule has 2 N–H and O–H groups in total. The first-order chi connectivity index (χ1) is 13.6. The maximum atomic E-state index is 11.1. The molecular weight excluding hydrogens is 493 g/mol. The van der Waals surface area contributed by atoms with E-state index in [1.54, 1.807) is 0 Å². The van der Waals surface area contributed by atoms with Crippen molar-refractivity contribution < 1.29 is 48.1 Å². The Morgan fingerprint density at radius 3 is 1.97 bits per heavy atom. The Morgan fingerprint density at radius 1 is 0.900 bits per heavy atom. The van der Waals surface area contributed by atoms with E-state index in [1.807, 2.05) is 6.92 Å². The number of ether oxygens (including phenoxy) is 2. The van der Waals surface area contributed by atoms with Crippen molar-refractivity contribution in [1.29, 1.82) is 0 Å². The molecule has 0 radical (unpaired) electrons. The van der Waals surface area contributed by atoms with Crippen molar-refractivity contribution in [2.45, 2.75) is 109 Å². The van der Waals surface area contributed by atoms with E-state index in [-0.39, 0.29) is 66.6 Å². The Bertz CT molecular complexity index is 486. The lowest BCUT2D eigenvalue weighted by Crippen LogP contribution is -3.00. The number of quaternary nitrogens is 1. The summed E-state index contributed by atoms with van der Waals surface area (Å²) in [6, 6.07) is 0.625. The van der Waals surface area contributed by atoms with E-state index in [1.165, 1.54) is 12.8 Å². The van der Waals surface area contributed by atoms with Gasteiger partial charge in [-0.2, -0.15) is 0 Å². The van der Waals surface area contributed by atoms with Crippen LogP contribution in [0.25, 0.3) is 0 Å². The predicted octanol–water partition coefficient (Wildman–Crippen LogP) is 0.612. The lowest BCUT2D eigenvalue weighted by atomic mass is 9.84. The normalized spacial score (nSPS) is 32.3. The van der Waals surface area contributed by atoms with Gasteiger partial charge in [0.25, 0.3) is 0 Å². The van der Waals surface area contributed by atoms with Gasteiger partial charge < -0.3 is 48.1 Å². The van der Waals surface area contributed by atoms with Gasteiger partial charge in [-0.25, -0.2) is 0 Å². The summed E-state index contributed by atoms with van der Waals surface area (Å²) in [5.74, 6) is 0.363. The monoisotopic (exact) mass is 541 g/mol. The topological polar surface area (TPSA) is 58.9 Å². The van der Waals surface area contributed by atoms with Gasteiger partial charge >= 0.3 is 0 Å². The third-order valence-electron chi connectivity index (χ3n) is 7.65. The van der Waals surface area contributed by atoms with Gasteiger partial charge in [-0.1, -0.05) is 34.1 Å². The number of nitrogens with zero attached hydrogens (tertiary/aromatic N) is 1. The molecule has 180 valence electrons. The van der Waals surface area contributed by atoms with Gasteiger partial charge in [0.05, 0.1) is 57.7 Å². The molecule has 2 saturated heterocycles. The maximum absolute atomic E-state index is 11.1. The summed E-state index contributed by atoms with van der Waals surface area (Å²) in [5.41, 5.74) is 0. The third-order valence-corrected chi connectivity index (χ3v) is 7.65. The molecule has 0 aliphatic carbocycles. The molecule has 2 aliphatic rings. The Morgan fingerprint density at radius 2 is 1.43 bits per heavy atom. The van der Waals surface area contributed by atoms with Crippen LogP contribution >= 0.6 is 0 Å². The zero-order chi connectivity index (χ0) is 21.8. The molecule has 0 aromatic rings. The highest BCUT2D eigenvalue weighted by Gasteiger charge is 2.41. The van der Waals surface area contributed by atoms with Crippen LogP contribution in [0.1, 0.15) is 72.6 Å². The fourth-order valence-electron chi connectivity index (χ4n) is 5.28. The molecule has 0 saturated carbocycles. The number of halogens is 1. The highest BCUT2D eigenvalue weighted by Crippen LogP contribution is 2.36. The van der Waals surface area contributed by atoms with Gasteiger partial charge in [0.1, 0.15) is 0 Å². The summed E-state index contributed by atoms with van der Waals surface area (Å²) < 4.78 is 13.6. The van der Waals surface area contributed by atoms with E-state index in [4.69, 9.17) is 9.47 Å². The first-order valence-corrected chi connectivity index (χ1v) is 12.0. The predicted molar refractivity (Wildman–Crippen MR) is 118 cm³/mol. The molecule has 30 heavy (non-hydrogen) atoms. The maximum Gasteiger partial charge on any atom is 0.0909 e. The molecule has 0 aromatic carbocycles. The molecule has 0 bridgehead atoms. The van der Waals surface area contributed by atoms with Crippen LogP contribution in [0, 0.1) is 17.8 Å². The second kappa shape index (κ2) is 12.7. The van der Waals surface area contributed by atoms with E-state index in [2.05, 4.69) is 41.9 Å². The molecule has 2 rings (SSSR count). The third kappa shape index (κ3) is 7.55. The summed E-state index contributed by atoms with van der Waals surface area (Å²) in [4.78, 5) is 0. The highest BCUT2D eigenvalue weighted by molar-refractivity contribution is 4.89. The molecule has 0 amide bonds. The number of rotatable bonds is 11. The fraction of sp³-hybridized carbons (Fsp3) is 1.00. The van der Waals surface area contributed by atoms with Crippen molar-refractivity contribution in [1.82, 2.24) is 0 Å². The Balaban J connectivity index is 0.00000450. The summed E-state index contributed by atoms with van der Waals surface area (Å²) in [6.45, 7) is 8.70. The number of aliphatic hydroxyl groups is 2.